The Labute approximate surface area is 163 Å². The molecule has 2 aliphatic heterocycles. The lowest BCUT2D eigenvalue weighted by molar-refractivity contribution is -0.124. The standard InChI is InChI=1S/C21H22N2O5/c22-20(24)19-12-23(17-5-1-2-6-18(17)28-19)21(25)14-7-9-15(10-8-14)27-13-16-4-3-11-26-16/h1-2,5-10,16,19H,3-4,11-13H2,(H2,22,24)/t16-,19-/m1/s1. The second-order valence-corrected chi connectivity index (χ2v) is 6.86. The van der Waals surface area contributed by atoms with Gasteiger partial charge in [0.15, 0.2) is 6.10 Å². The highest BCUT2D eigenvalue weighted by Gasteiger charge is 2.33. The zero-order valence-corrected chi connectivity index (χ0v) is 15.4. The molecule has 1 fully saturated rings. The van der Waals surface area contributed by atoms with E-state index in [1.54, 1.807) is 42.5 Å². The molecule has 2 N–H and O–H groups in total. The summed E-state index contributed by atoms with van der Waals surface area (Å²) in [5.74, 6) is 0.310. The first-order chi connectivity index (χ1) is 13.6. The SMILES string of the molecule is NC(=O)[C@H]1CN(C(=O)c2ccc(OC[C@H]3CCCO3)cc2)c2ccccc2O1. The molecular formula is C21H22N2O5. The minimum Gasteiger partial charge on any atom is -0.491 e. The van der Waals surface area contributed by atoms with Gasteiger partial charge in [-0.15, -0.1) is 0 Å². The zero-order valence-electron chi connectivity index (χ0n) is 15.4. The van der Waals surface area contributed by atoms with E-state index in [0.29, 0.717) is 29.4 Å². The summed E-state index contributed by atoms with van der Waals surface area (Å²) >= 11 is 0. The summed E-state index contributed by atoms with van der Waals surface area (Å²) in [6, 6.07) is 14.0. The molecule has 0 radical (unpaired) electrons. The fraction of sp³-hybridized carbons (Fsp3) is 0.333. The largest absolute Gasteiger partial charge is 0.491 e. The normalized spacial score (nSPS) is 20.9. The fourth-order valence-electron chi connectivity index (χ4n) is 3.39. The summed E-state index contributed by atoms with van der Waals surface area (Å²) in [4.78, 5) is 26.2. The van der Waals surface area contributed by atoms with Crippen LogP contribution in [0.3, 0.4) is 0 Å². The average Bonchev–Trinajstić information content (AvgIpc) is 3.25. The summed E-state index contributed by atoms with van der Waals surface area (Å²) in [6.45, 7) is 1.36. The molecule has 0 aliphatic carbocycles. The summed E-state index contributed by atoms with van der Waals surface area (Å²) in [5, 5.41) is 0. The summed E-state index contributed by atoms with van der Waals surface area (Å²) < 4.78 is 16.9. The highest BCUT2D eigenvalue weighted by atomic mass is 16.5. The number of benzene rings is 2. The van der Waals surface area contributed by atoms with Crippen LogP contribution < -0.4 is 20.1 Å². The molecule has 2 aromatic carbocycles. The van der Waals surface area contributed by atoms with Crippen LogP contribution in [-0.4, -0.2) is 43.8 Å². The molecule has 28 heavy (non-hydrogen) atoms. The molecule has 2 aliphatic rings. The van der Waals surface area contributed by atoms with E-state index in [1.807, 2.05) is 6.07 Å². The molecule has 0 spiro atoms. The predicted octanol–water partition coefficient (Wildman–Crippen LogP) is 2.14. The van der Waals surface area contributed by atoms with Crippen molar-refractivity contribution in [3.8, 4) is 11.5 Å². The summed E-state index contributed by atoms with van der Waals surface area (Å²) in [5.41, 5.74) is 6.51. The molecule has 7 heteroatoms. The second kappa shape index (κ2) is 7.90. The molecule has 1 saturated heterocycles. The van der Waals surface area contributed by atoms with Gasteiger partial charge in [0.25, 0.3) is 11.8 Å². The quantitative estimate of drug-likeness (QED) is 0.856. The molecule has 4 rings (SSSR count). The van der Waals surface area contributed by atoms with E-state index >= 15 is 0 Å². The highest BCUT2D eigenvalue weighted by molar-refractivity contribution is 6.07. The van der Waals surface area contributed by atoms with Crippen molar-refractivity contribution in [1.29, 1.82) is 0 Å². The smallest absolute Gasteiger partial charge is 0.260 e. The van der Waals surface area contributed by atoms with Gasteiger partial charge < -0.3 is 24.8 Å². The van der Waals surface area contributed by atoms with Gasteiger partial charge in [0.05, 0.1) is 18.3 Å². The van der Waals surface area contributed by atoms with Crippen LogP contribution in [0.25, 0.3) is 0 Å². The number of carbonyl (C=O) groups excluding carboxylic acids is 2. The van der Waals surface area contributed by atoms with Crippen molar-refractivity contribution in [2.75, 3.05) is 24.7 Å². The fourth-order valence-corrected chi connectivity index (χ4v) is 3.39. The maximum atomic E-state index is 13.1. The molecule has 0 unspecified atom stereocenters. The number of anilines is 1. The van der Waals surface area contributed by atoms with Gasteiger partial charge in [-0.25, -0.2) is 0 Å². The lowest BCUT2D eigenvalue weighted by Gasteiger charge is -2.33. The number of nitrogens with two attached hydrogens (primary N) is 1. The molecular weight excluding hydrogens is 360 g/mol. The minimum absolute atomic E-state index is 0.0719. The number of fused-ring (bicyclic) bond motifs is 1. The molecule has 0 saturated carbocycles. The molecule has 2 aromatic rings. The Morgan fingerprint density at radius 3 is 2.64 bits per heavy atom. The number of rotatable bonds is 5. The number of hydrogen-bond donors (Lipinski definition) is 1. The Morgan fingerprint density at radius 2 is 1.93 bits per heavy atom. The number of ether oxygens (including phenoxy) is 3. The first-order valence-electron chi connectivity index (χ1n) is 9.33. The third-order valence-electron chi connectivity index (χ3n) is 4.90. The van der Waals surface area contributed by atoms with Crippen LogP contribution in [0, 0.1) is 0 Å². The summed E-state index contributed by atoms with van der Waals surface area (Å²) in [7, 11) is 0. The first-order valence-corrected chi connectivity index (χ1v) is 9.33. The monoisotopic (exact) mass is 382 g/mol. The number of amides is 2. The van der Waals surface area contributed by atoms with Gasteiger partial charge in [-0.1, -0.05) is 12.1 Å². The molecule has 7 nitrogen and oxygen atoms in total. The van der Waals surface area contributed by atoms with Gasteiger partial charge in [-0.2, -0.15) is 0 Å². The highest BCUT2D eigenvalue weighted by Crippen LogP contribution is 2.34. The van der Waals surface area contributed by atoms with Gasteiger partial charge in [-0.3, -0.25) is 9.59 Å². The predicted molar refractivity (Wildman–Crippen MR) is 103 cm³/mol. The number of carbonyl (C=O) groups is 2. The van der Waals surface area contributed by atoms with Crippen LogP contribution in [0.1, 0.15) is 23.2 Å². The zero-order chi connectivity index (χ0) is 19.5. The van der Waals surface area contributed by atoms with E-state index in [4.69, 9.17) is 19.9 Å². The van der Waals surface area contributed by atoms with Gasteiger partial charge >= 0.3 is 0 Å². The van der Waals surface area contributed by atoms with Crippen molar-refractivity contribution in [3.63, 3.8) is 0 Å². The van der Waals surface area contributed by atoms with Crippen molar-refractivity contribution >= 4 is 17.5 Å². The van der Waals surface area contributed by atoms with Crippen LogP contribution in [0.5, 0.6) is 11.5 Å². The van der Waals surface area contributed by atoms with E-state index in [2.05, 4.69) is 0 Å². The maximum Gasteiger partial charge on any atom is 0.260 e. The Balaban J connectivity index is 1.49. The number of nitrogens with zero attached hydrogens (tertiary/aromatic N) is 1. The van der Waals surface area contributed by atoms with Gasteiger partial charge in [-0.05, 0) is 49.2 Å². The van der Waals surface area contributed by atoms with Crippen LogP contribution >= 0.6 is 0 Å². The van der Waals surface area contributed by atoms with Crippen LogP contribution in [0.2, 0.25) is 0 Å². The Bertz CT molecular complexity index is 861. The van der Waals surface area contributed by atoms with Crippen molar-refractivity contribution < 1.29 is 23.8 Å². The topological polar surface area (TPSA) is 91.1 Å². The van der Waals surface area contributed by atoms with Gasteiger partial charge in [0, 0.05) is 12.2 Å². The third kappa shape index (κ3) is 3.80. The van der Waals surface area contributed by atoms with E-state index in [9.17, 15) is 9.59 Å². The molecule has 146 valence electrons. The molecule has 2 atom stereocenters. The number of hydrogen-bond acceptors (Lipinski definition) is 5. The van der Waals surface area contributed by atoms with Crippen molar-refractivity contribution in [3.05, 3.63) is 54.1 Å². The summed E-state index contributed by atoms with van der Waals surface area (Å²) in [6.07, 6.45) is 1.33. The van der Waals surface area contributed by atoms with E-state index < -0.39 is 12.0 Å². The maximum absolute atomic E-state index is 13.1. The van der Waals surface area contributed by atoms with Crippen molar-refractivity contribution in [2.45, 2.75) is 25.0 Å². The van der Waals surface area contributed by atoms with E-state index in [1.165, 1.54) is 4.90 Å². The number of primary amides is 1. The van der Waals surface area contributed by atoms with Crippen LogP contribution in [-0.2, 0) is 9.53 Å². The Hall–Kier alpha value is -3.06. The molecule has 0 aromatic heterocycles. The molecule has 2 amide bonds. The van der Waals surface area contributed by atoms with Crippen LogP contribution in [0.15, 0.2) is 48.5 Å². The number of para-hydroxylation sites is 2. The van der Waals surface area contributed by atoms with Crippen molar-refractivity contribution in [1.82, 2.24) is 0 Å². The van der Waals surface area contributed by atoms with Crippen LogP contribution in [0.4, 0.5) is 5.69 Å². The van der Waals surface area contributed by atoms with Crippen molar-refractivity contribution in [2.24, 2.45) is 5.73 Å². The van der Waals surface area contributed by atoms with Gasteiger partial charge in [0.1, 0.15) is 18.1 Å². The average molecular weight is 382 g/mol. The first kappa shape index (κ1) is 18.3. The molecule has 0 bridgehead atoms. The lowest BCUT2D eigenvalue weighted by atomic mass is 10.1. The van der Waals surface area contributed by atoms with E-state index in [-0.39, 0.29) is 18.6 Å². The molecule has 2 heterocycles. The second-order valence-electron chi connectivity index (χ2n) is 6.86. The Morgan fingerprint density at radius 1 is 1.14 bits per heavy atom. The lowest BCUT2D eigenvalue weighted by Crippen LogP contribution is -2.49. The Kier molecular flexibility index (Phi) is 5.16. The van der Waals surface area contributed by atoms with E-state index in [0.717, 1.165) is 19.4 Å². The minimum atomic E-state index is -0.882. The van der Waals surface area contributed by atoms with Gasteiger partial charge in [0.2, 0.25) is 0 Å². The third-order valence-corrected chi connectivity index (χ3v) is 4.90.